The van der Waals surface area contributed by atoms with Crippen LogP contribution in [-0.4, -0.2) is 15.0 Å². The van der Waals surface area contributed by atoms with Crippen LogP contribution in [0.4, 0.5) is 5.82 Å². The van der Waals surface area contributed by atoms with Gasteiger partial charge in [-0.3, -0.25) is 0 Å². The van der Waals surface area contributed by atoms with Crippen LogP contribution < -0.4 is 5.32 Å². The second kappa shape index (κ2) is 4.55. The lowest BCUT2D eigenvalue weighted by Crippen LogP contribution is -2.03. The topological polar surface area (TPSA) is 50.7 Å². The first-order chi connectivity index (χ1) is 7.24. The predicted octanol–water partition coefficient (Wildman–Crippen LogP) is 2.51. The van der Waals surface area contributed by atoms with Crippen LogP contribution in [0.3, 0.4) is 0 Å². The van der Waals surface area contributed by atoms with Crippen molar-refractivity contribution in [2.75, 3.05) is 5.32 Å². The zero-order chi connectivity index (χ0) is 10.7. The third-order valence-corrected chi connectivity index (χ3v) is 2.57. The minimum Gasteiger partial charge on any atom is -0.364 e. The Morgan fingerprint density at radius 1 is 1.47 bits per heavy atom. The van der Waals surface area contributed by atoms with Crippen LogP contribution in [0.1, 0.15) is 11.5 Å². The van der Waals surface area contributed by atoms with E-state index in [-0.39, 0.29) is 0 Å². The lowest BCUT2D eigenvalue weighted by atomic mass is 10.4. The van der Waals surface area contributed by atoms with Crippen molar-refractivity contribution in [3.05, 3.63) is 33.6 Å². The average molecular weight is 241 g/mol. The molecule has 0 spiro atoms. The van der Waals surface area contributed by atoms with Crippen LogP contribution in [0.5, 0.6) is 0 Å². The summed E-state index contributed by atoms with van der Waals surface area (Å²) < 4.78 is 0. The number of anilines is 1. The van der Waals surface area contributed by atoms with Crippen molar-refractivity contribution in [1.29, 1.82) is 0 Å². The number of nitrogens with zero attached hydrogens (tertiary/aromatic N) is 3. The molecule has 15 heavy (non-hydrogen) atoms. The van der Waals surface area contributed by atoms with Gasteiger partial charge in [0.25, 0.3) is 0 Å². The van der Waals surface area contributed by atoms with Crippen LogP contribution >= 0.6 is 22.9 Å². The Hall–Kier alpha value is -1.20. The SMILES string of the molecule is Cc1nc(Cl)cc(NCc2cscn2)n1. The van der Waals surface area contributed by atoms with Gasteiger partial charge in [0.1, 0.15) is 16.8 Å². The quantitative estimate of drug-likeness (QED) is 0.838. The number of nitrogens with one attached hydrogen (secondary N) is 1. The molecule has 0 radical (unpaired) electrons. The predicted molar refractivity (Wildman–Crippen MR) is 61.2 cm³/mol. The van der Waals surface area contributed by atoms with E-state index in [0.29, 0.717) is 17.5 Å². The molecule has 0 atom stereocenters. The van der Waals surface area contributed by atoms with Gasteiger partial charge in [0, 0.05) is 11.4 Å². The Kier molecular flexibility index (Phi) is 3.13. The number of rotatable bonds is 3. The molecule has 1 N–H and O–H groups in total. The molecule has 0 aliphatic rings. The van der Waals surface area contributed by atoms with Crippen molar-refractivity contribution in [1.82, 2.24) is 15.0 Å². The van der Waals surface area contributed by atoms with Gasteiger partial charge in [-0.15, -0.1) is 11.3 Å². The molecule has 2 aromatic heterocycles. The van der Waals surface area contributed by atoms with Crippen LogP contribution in [0.25, 0.3) is 0 Å². The van der Waals surface area contributed by atoms with Gasteiger partial charge in [0.15, 0.2) is 0 Å². The molecule has 0 bridgehead atoms. The second-order valence-corrected chi connectivity index (χ2v) is 4.06. The Labute approximate surface area is 96.4 Å². The minimum absolute atomic E-state index is 0.447. The molecule has 2 aromatic rings. The van der Waals surface area contributed by atoms with Crippen molar-refractivity contribution >= 4 is 28.8 Å². The maximum Gasteiger partial charge on any atom is 0.134 e. The van der Waals surface area contributed by atoms with Gasteiger partial charge in [0.2, 0.25) is 0 Å². The van der Waals surface area contributed by atoms with Gasteiger partial charge in [-0.2, -0.15) is 0 Å². The van der Waals surface area contributed by atoms with E-state index >= 15 is 0 Å². The van der Waals surface area contributed by atoms with Gasteiger partial charge < -0.3 is 5.32 Å². The molecule has 0 aliphatic carbocycles. The van der Waals surface area contributed by atoms with Crippen LogP contribution in [-0.2, 0) is 6.54 Å². The number of aryl methyl sites for hydroxylation is 1. The summed E-state index contributed by atoms with van der Waals surface area (Å²) in [6, 6.07) is 1.70. The maximum absolute atomic E-state index is 5.81. The van der Waals surface area contributed by atoms with Gasteiger partial charge in [-0.25, -0.2) is 15.0 Å². The lowest BCUT2D eigenvalue weighted by Gasteiger charge is -2.04. The van der Waals surface area contributed by atoms with Crippen molar-refractivity contribution in [3.8, 4) is 0 Å². The van der Waals surface area contributed by atoms with Gasteiger partial charge >= 0.3 is 0 Å². The maximum atomic E-state index is 5.81. The van der Waals surface area contributed by atoms with Crippen molar-refractivity contribution in [2.24, 2.45) is 0 Å². The fourth-order valence-electron chi connectivity index (χ4n) is 1.13. The molecule has 4 nitrogen and oxygen atoms in total. The largest absolute Gasteiger partial charge is 0.364 e. The molecule has 0 fully saturated rings. The Bertz CT molecular complexity index is 423. The molecular weight excluding hydrogens is 232 g/mol. The molecule has 6 heteroatoms. The molecule has 2 rings (SSSR count). The smallest absolute Gasteiger partial charge is 0.134 e. The van der Waals surface area contributed by atoms with E-state index in [1.54, 1.807) is 29.8 Å². The average Bonchev–Trinajstić information content (AvgIpc) is 2.65. The highest BCUT2D eigenvalue weighted by atomic mass is 35.5. The first-order valence-corrected chi connectivity index (χ1v) is 5.68. The number of hydrogen-bond donors (Lipinski definition) is 1. The van der Waals surface area contributed by atoms with Gasteiger partial charge in [-0.05, 0) is 6.92 Å². The lowest BCUT2D eigenvalue weighted by molar-refractivity contribution is 1.00. The summed E-state index contributed by atoms with van der Waals surface area (Å²) in [6.45, 7) is 2.45. The molecule has 0 aromatic carbocycles. The number of halogens is 1. The fraction of sp³-hybridized carbons (Fsp3) is 0.222. The number of aromatic nitrogens is 3. The highest BCUT2D eigenvalue weighted by Gasteiger charge is 2.00. The van der Waals surface area contributed by atoms with Crippen LogP contribution in [0.2, 0.25) is 5.15 Å². The first-order valence-electron chi connectivity index (χ1n) is 4.36. The van der Waals surface area contributed by atoms with E-state index in [9.17, 15) is 0 Å². The summed E-state index contributed by atoms with van der Waals surface area (Å²) in [5.41, 5.74) is 2.79. The standard InChI is InChI=1S/C9H9ClN4S/c1-6-13-8(10)2-9(14-6)11-3-7-4-15-5-12-7/h2,4-5H,3H2,1H3,(H,11,13,14). The summed E-state index contributed by atoms with van der Waals surface area (Å²) in [5, 5.41) is 5.57. The van der Waals surface area contributed by atoms with E-state index in [1.165, 1.54) is 0 Å². The molecule has 2 heterocycles. The van der Waals surface area contributed by atoms with Gasteiger partial charge in [-0.1, -0.05) is 11.6 Å². The van der Waals surface area contributed by atoms with E-state index in [4.69, 9.17) is 11.6 Å². The number of hydrogen-bond acceptors (Lipinski definition) is 5. The zero-order valence-corrected chi connectivity index (χ0v) is 9.64. The molecule has 0 saturated carbocycles. The fourth-order valence-corrected chi connectivity index (χ4v) is 1.91. The summed E-state index contributed by atoms with van der Waals surface area (Å²) in [4.78, 5) is 12.3. The molecule has 0 amide bonds. The zero-order valence-electron chi connectivity index (χ0n) is 8.07. The number of thiazole rings is 1. The van der Waals surface area contributed by atoms with Crippen LogP contribution in [0, 0.1) is 6.92 Å². The summed E-state index contributed by atoms with van der Waals surface area (Å²) in [6.07, 6.45) is 0. The second-order valence-electron chi connectivity index (χ2n) is 2.96. The normalized spacial score (nSPS) is 10.3. The third-order valence-electron chi connectivity index (χ3n) is 1.74. The minimum atomic E-state index is 0.447. The van der Waals surface area contributed by atoms with Crippen molar-refractivity contribution in [3.63, 3.8) is 0 Å². The summed E-state index contributed by atoms with van der Waals surface area (Å²) >= 11 is 7.38. The first kappa shape index (κ1) is 10.3. The van der Waals surface area contributed by atoms with Gasteiger partial charge in [0.05, 0.1) is 17.7 Å². The molecule has 78 valence electrons. The molecule has 0 unspecified atom stereocenters. The highest BCUT2D eigenvalue weighted by molar-refractivity contribution is 7.07. The highest BCUT2D eigenvalue weighted by Crippen LogP contribution is 2.12. The summed E-state index contributed by atoms with van der Waals surface area (Å²) in [7, 11) is 0. The Balaban J connectivity index is 2.05. The van der Waals surface area contributed by atoms with E-state index < -0.39 is 0 Å². The van der Waals surface area contributed by atoms with Crippen molar-refractivity contribution < 1.29 is 0 Å². The Morgan fingerprint density at radius 2 is 2.33 bits per heavy atom. The van der Waals surface area contributed by atoms with E-state index in [0.717, 1.165) is 11.5 Å². The molecule has 0 saturated heterocycles. The van der Waals surface area contributed by atoms with Crippen LogP contribution in [0.15, 0.2) is 17.0 Å². The van der Waals surface area contributed by atoms with E-state index in [1.807, 2.05) is 5.38 Å². The van der Waals surface area contributed by atoms with E-state index in [2.05, 4.69) is 20.3 Å². The summed E-state index contributed by atoms with van der Waals surface area (Å²) in [5.74, 6) is 1.38. The molecular formula is C9H9ClN4S. The molecule has 0 aliphatic heterocycles. The third kappa shape index (κ3) is 2.87. The van der Waals surface area contributed by atoms with Crippen molar-refractivity contribution in [2.45, 2.75) is 13.5 Å². The monoisotopic (exact) mass is 240 g/mol. The Morgan fingerprint density at radius 3 is 3.00 bits per heavy atom.